The minimum atomic E-state index is 0.131. The zero-order valence-corrected chi connectivity index (χ0v) is 13.2. The van der Waals surface area contributed by atoms with Gasteiger partial charge in [-0.25, -0.2) is 0 Å². The van der Waals surface area contributed by atoms with Gasteiger partial charge in [-0.15, -0.1) is 0 Å². The third-order valence-corrected chi connectivity index (χ3v) is 4.62. The number of likely N-dealkylation sites (tertiary alicyclic amines) is 1. The van der Waals surface area contributed by atoms with Crippen LogP contribution in [0.2, 0.25) is 0 Å². The summed E-state index contributed by atoms with van der Waals surface area (Å²) in [5.41, 5.74) is 9.00. The van der Waals surface area contributed by atoms with Gasteiger partial charge in [0.1, 0.15) is 0 Å². The van der Waals surface area contributed by atoms with E-state index in [-0.39, 0.29) is 6.04 Å². The first-order chi connectivity index (χ1) is 9.65. The number of nitrogens with two attached hydrogens (primary N) is 1. The lowest BCUT2D eigenvalue weighted by molar-refractivity contribution is 0.208. The quantitative estimate of drug-likeness (QED) is 0.865. The summed E-state index contributed by atoms with van der Waals surface area (Å²) in [7, 11) is 0. The Labute approximate surface area is 123 Å². The maximum Gasteiger partial charge on any atom is 0.0426 e. The summed E-state index contributed by atoms with van der Waals surface area (Å²) in [6.45, 7) is 12.3. The largest absolute Gasteiger partial charge is 0.323 e. The standard InChI is InChI=1S/C17H29N3/c1-4-20(5-2)15-10-11-19(12-15)13-17(18)16-9-7-6-8-14(16)3/h6-9,15,17H,4-5,10-13,18H2,1-3H3. The van der Waals surface area contributed by atoms with Crippen LogP contribution in [-0.2, 0) is 0 Å². The summed E-state index contributed by atoms with van der Waals surface area (Å²) in [6, 6.07) is 9.33. The van der Waals surface area contributed by atoms with E-state index in [4.69, 9.17) is 5.73 Å². The molecular formula is C17H29N3. The fourth-order valence-electron chi connectivity index (χ4n) is 3.40. The average Bonchev–Trinajstić information content (AvgIpc) is 2.89. The van der Waals surface area contributed by atoms with Crippen molar-refractivity contribution in [1.29, 1.82) is 0 Å². The van der Waals surface area contributed by atoms with Crippen molar-refractivity contribution in [2.45, 2.75) is 39.3 Å². The van der Waals surface area contributed by atoms with Gasteiger partial charge >= 0.3 is 0 Å². The highest BCUT2D eigenvalue weighted by atomic mass is 15.3. The Bertz CT molecular complexity index is 414. The lowest BCUT2D eigenvalue weighted by Crippen LogP contribution is -2.38. The predicted octanol–water partition coefficient (Wildman–Crippen LogP) is 2.41. The zero-order valence-electron chi connectivity index (χ0n) is 13.2. The Hall–Kier alpha value is -0.900. The molecule has 0 amide bonds. The van der Waals surface area contributed by atoms with Gasteiger partial charge in [0, 0.05) is 25.2 Å². The third kappa shape index (κ3) is 3.60. The van der Waals surface area contributed by atoms with E-state index in [1.807, 2.05) is 0 Å². The van der Waals surface area contributed by atoms with E-state index in [0.717, 1.165) is 19.6 Å². The van der Waals surface area contributed by atoms with Gasteiger partial charge < -0.3 is 5.73 Å². The lowest BCUT2D eigenvalue weighted by atomic mass is 10.0. The van der Waals surface area contributed by atoms with Crippen molar-refractivity contribution >= 4 is 0 Å². The molecule has 1 aliphatic rings. The first-order valence-corrected chi connectivity index (χ1v) is 7.93. The summed E-state index contributed by atoms with van der Waals surface area (Å²) in [5.74, 6) is 0. The molecule has 1 heterocycles. The fraction of sp³-hybridized carbons (Fsp3) is 0.647. The smallest absolute Gasteiger partial charge is 0.0426 e. The normalized spacial score (nSPS) is 21.6. The van der Waals surface area contributed by atoms with Crippen molar-refractivity contribution in [3.63, 3.8) is 0 Å². The number of nitrogens with zero attached hydrogens (tertiary/aromatic N) is 2. The van der Waals surface area contributed by atoms with Crippen LogP contribution in [0, 0.1) is 6.92 Å². The minimum Gasteiger partial charge on any atom is -0.323 e. The second-order valence-electron chi connectivity index (χ2n) is 5.89. The number of rotatable bonds is 6. The lowest BCUT2D eigenvalue weighted by Gasteiger charge is -2.27. The molecule has 0 spiro atoms. The first kappa shape index (κ1) is 15.5. The SMILES string of the molecule is CCN(CC)C1CCN(CC(N)c2ccccc2C)C1. The molecule has 0 radical (unpaired) electrons. The van der Waals surface area contributed by atoms with Crippen molar-refractivity contribution < 1.29 is 0 Å². The van der Waals surface area contributed by atoms with Crippen LogP contribution in [-0.4, -0.2) is 48.6 Å². The molecular weight excluding hydrogens is 246 g/mol. The number of benzene rings is 1. The number of likely N-dealkylation sites (N-methyl/N-ethyl adjacent to an activating group) is 1. The van der Waals surface area contributed by atoms with Gasteiger partial charge in [-0.2, -0.15) is 0 Å². The Kier molecular flexibility index (Phi) is 5.58. The van der Waals surface area contributed by atoms with Crippen molar-refractivity contribution in [2.75, 3.05) is 32.7 Å². The number of hydrogen-bond acceptors (Lipinski definition) is 3. The highest BCUT2D eigenvalue weighted by molar-refractivity contribution is 5.28. The van der Waals surface area contributed by atoms with Crippen molar-refractivity contribution in [3.8, 4) is 0 Å². The minimum absolute atomic E-state index is 0.131. The van der Waals surface area contributed by atoms with Gasteiger partial charge in [-0.3, -0.25) is 9.80 Å². The molecule has 3 nitrogen and oxygen atoms in total. The molecule has 0 bridgehead atoms. The van der Waals surface area contributed by atoms with E-state index in [0.29, 0.717) is 6.04 Å². The van der Waals surface area contributed by atoms with Crippen LogP contribution in [0.15, 0.2) is 24.3 Å². The predicted molar refractivity (Wildman–Crippen MR) is 85.9 cm³/mol. The number of aryl methyl sites for hydroxylation is 1. The first-order valence-electron chi connectivity index (χ1n) is 7.93. The van der Waals surface area contributed by atoms with Gasteiger partial charge in [0.05, 0.1) is 0 Å². The summed E-state index contributed by atoms with van der Waals surface area (Å²) < 4.78 is 0. The molecule has 112 valence electrons. The van der Waals surface area contributed by atoms with Gasteiger partial charge in [0.25, 0.3) is 0 Å². The van der Waals surface area contributed by atoms with Gasteiger partial charge in [0.2, 0.25) is 0 Å². The molecule has 1 saturated heterocycles. The molecule has 0 aliphatic carbocycles. The van der Waals surface area contributed by atoms with Crippen LogP contribution in [0.1, 0.15) is 37.4 Å². The van der Waals surface area contributed by atoms with Crippen LogP contribution in [0.25, 0.3) is 0 Å². The van der Waals surface area contributed by atoms with Crippen molar-refractivity contribution in [1.82, 2.24) is 9.80 Å². The Morgan fingerprint density at radius 3 is 2.65 bits per heavy atom. The van der Waals surface area contributed by atoms with Crippen molar-refractivity contribution in [3.05, 3.63) is 35.4 Å². The van der Waals surface area contributed by atoms with Gasteiger partial charge in [0.15, 0.2) is 0 Å². The van der Waals surface area contributed by atoms with Crippen LogP contribution >= 0.6 is 0 Å². The van der Waals surface area contributed by atoms with E-state index < -0.39 is 0 Å². The molecule has 1 aromatic carbocycles. The van der Waals surface area contributed by atoms with E-state index in [1.165, 1.54) is 30.6 Å². The van der Waals surface area contributed by atoms with Crippen LogP contribution in [0.5, 0.6) is 0 Å². The van der Waals surface area contributed by atoms with Crippen LogP contribution in [0.3, 0.4) is 0 Å². The van der Waals surface area contributed by atoms with Crippen LogP contribution in [0.4, 0.5) is 0 Å². The molecule has 0 saturated carbocycles. The molecule has 2 rings (SSSR count). The Morgan fingerprint density at radius 1 is 1.30 bits per heavy atom. The number of hydrogen-bond donors (Lipinski definition) is 1. The second kappa shape index (κ2) is 7.21. The molecule has 3 heteroatoms. The molecule has 2 unspecified atom stereocenters. The molecule has 20 heavy (non-hydrogen) atoms. The zero-order chi connectivity index (χ0) is 14.5. The van der Waals surface area contributed by atoms with Crippen LogP contribution < -0.4 is 5.73 Å². The van der Waals surface area contributed by atoms with Gasteiger partial charge in [-0.05, 0) is 44.1 Å². The molecule has 1 aromatic rings. The summed E-state index contributed by atoms with van der Waals surface area (Å²) >= 11 is 0. The maximum absolute atomic E-state index is 6.41. The fourth-order valence-corrected chi connectivity index (χ4v) is 3.40. The Balaban J connectivity index is 1.90. The maximum atomic E-state index is 6.41. The van der Waals surface area contributed by atoms with Crippen molar-refractivity contribution in [2.24, 2.45) is 5.73 Å². The van der Waals surface area contributed by atoms with Gasteiger partial charge in [-0.1, -0.05) is 38.1 Å². The Morgan fingerprint density at radius 2 is 2.00 bits per heavy atom. The topological polar surface area (TPSA) is 32.5 Å². The van der Waals surface area contributed by atoms with E-state index in [2.05, 4.69) is 54.8 Å². The summed E-state index contributed by atoms with van der Waals surface area (Å²) in [4.78, 5) is 5.10. The summed E-state index contributed by atoms with van der Waals surface area (Å²) in [6.07, 6.45) is 1.28. The molecule has 2 N–H and O–H groups in total. The molecule has 1 aliphatic heterocycles. The van der Waals surface area contributed by atoms with E-state index >= 15 is 0 Å². The average molecular weight is 275 g/mol. The second-order valence-corrected chi connectivity index (χ2v) is 5.89. The van der Waals surface area contributed by atoms with E-state index in [9.17, 15) is 0 Å². The third-order valence-electron chi connectivity index (χ3n) is 4.62. The molecule has 2 atom stereocenters. The monoisotopic (exact) mass is 275 g/mol. The highest BCUT2D eigenvalue weighted by Crippen LogP contribution is 2.20. The highest BCUT2D eigenvalue weighted by Gasteiger charge is 2.27. The summed E-state index contributed by atoms with van der Waals surface area (Å²) in [5, 5.41) is 0. The van der Waals surface area contributed by atoms with E-state index in [1.54, 1.807) is 0 Å². The molecule has 0 aromatic heterocycles. The molecule has 1 fully saturated rings.